The monoisotopic (exact) mass is 421 g/mol. The summed E-state index contributed by atoms with van der Waals surface area (Å²) < 4.78 is 0. The summed E-state index contributed by atoms with van der Waals surface area (Å²) >= 11 is 0. The second-order valence-corrected chi connectivity index (χ2v) is 8.38. The molecule has 4 nitrogen and oxygen atoms in total. The number of amides is 1. The maximum absolute atomic E-state index is 13.7. The Hall–Kier alpha value is -3.66. The molecule has 0 atom stereocenters. The average molecular weight is 422 g/mol. The molecule has 0 aliphatic carbocycles. The fraction of sp³-hybridized carbons (Fsp3) is 0.214. The first kappa shape index (κ1) is 20.3. The minimum atomic E-state index is -0.273. The summed E-state index contributed by atoms with van der Waals surface area (Å²) in [6, 6.07) is 30.6. The number of rotatable bonds is 4. The molecule has 0 saturated carbocycles. The van der Waals surface area contributed by atoms with Crippen molar-refractivity contribution >= 4 is 22.6 Å². The molecule has 160 valence electrons. The number of aromatic nitrogens is 1. The van der Waals surface area contributed by atoms with E-state index >= 15 is 0 Å². The molecule has 0 N–H and O–H groups in total. The van der Waals surface area contributed by atoms with Gasteiger partial charge in [0.15, 0.2) is 0 Å². The summed E-state index contributed by atoms with van der Waals surface area (Å²) in [4.78, 5) is 22.8. The number of carbonyl (C=O) groups is 1. The van der Waals surface area contributed by atoms with E-state index in [1.807, 2.05) is 71.6 Å². The average Bonchev–Trinajstić information content (AvgIpc) is 2.85. The smallest absolute Gasteiger partial charge is 0.234 e. The Kier molecular flexibility index (Phi) is 5.59. The molecule has 0 radical (unpaired) electrons. The topological polar surface area (TPSA) is 36.4 Å². The lowest BCUT2D eigenvalue weighted by molar-refractivity contribution is -0.132. The van der Waals surface area contributed by atoms with Crippen LogP contribution in [-0.4, -0.2) is 42.0 Å². The first-order valence-corrected chi connectivity index (χ1v) is 11.2. The van der Waals surface area contributed by atoms with Crippen LogP contribution < -0.4 is 4.90 Å². The summed E-state index contributed by atoms with van der Waals surface area (Å²) in [7, 11) is 0. The Labute approximate surface area is 189 Å². The van der Waals surface area contributed by atoms with Gasteiger partial charge in [-0.3, -0.25) is 4.79 Å². The van der Waals surface area contributed by atoms with Crippen molar-refractivity contribution in [3.05, 3.63) is 108 Å². The minimum Gasteiger partial charge on any atom is -0.353 e. The van der Waals surface area contributed by atoms with Crippen LogP contribution in [0.1, 0.15) is 22.6 Å². The number of hydrogen-bond acceptors (Lipinski definition) is 3. The van der Waals surface area contributed by atoms with E-state index in [1.54, 1.807) is 0 Å². The van der Waals surface area contributed by atoms with Gasteiger partial charge < -0.3 is 9.80 Å². The van der Waals surface area contributed by atoms with Crippen LogP contribution in [-0.2, 0) is 4.79 Å². The van der Waals surface area contributed by atoms with Crippen molar-refractivity contribution in [2.45, 2.75) is 12.8 Å². The molecular formula is C28H27N3O. The Morgan fingerprint density at radius 1 is 0.781 bits per heavy atom. The largest absolute Gasteiger partial charge is 0.353 e. The number of piperazine rings is 1. The third-order valence-electron chi connectivity index (χ3n) is 6.34. The van der Waals surface area contributed by atoms with Crippen molar-refractivity contribution in [2.75, 3.05) is 31.1 Å². The standard InChI is InChI=1S/C28H27N3O/c1-21-20-26(29-25-15-9-8-14-24(21)25)30-16-18-31(19-17-30)28(32)27(22-10-4-2-5-11-22)23-12-6-3-7-13-23/h2-15,20,27H,16-19H2,1H3. The molecule has 1 fully saturated rings. The van der Waals surface area contributed by atoms with Gasteiger partial charge in [0.05, 0.1) is 11.4 Å². The predicted octanol–water partition coefficient (Wildman–Crippen LogP) is 5.02. The zero-order chi connectivity index (χ0) is 21.9. The summed E-state index contributed by atoms with van der Waals surface area (Å²) in [6.07, 6.45) is 0. The van der Waals surface area contributed by atoms with E-state index < -0.39 is 0 Å². The van der Waals surface area contributed by atoms with Gasteiger partial charge in [0.1, 0.15) is 5.82 Å². The number of anilines is 1. The summed E-state index contributed by atoms with van der Waals surface area (Å²) in [5, 5.41) is 1.19. The first-order valence-electron chi connectivity index (χ1n) is 11.2. The number of fused-ring (bicyclic) bond motifs is 1. The van der Waals surface area contributed by atoms with Crippen LogP contribution in [0.25, 0.3) is 10.9 Å². The maximum Gasteiger partial charge on any atom is 0.234 e. The number of pyridine rings is 1. The fourth-order valence-electron chi connectivity index (χ4n) is 4.60. The molecule has 32 heavy (non-hydrogen) atoms. The Balaban J connectivity index is 1.35. The lowest BCUT2D eigenvalue weighted by Crippen LogP contribution is -2.50. The van der Waals surface area contributed by atoms with Crippen molar-refractivity contribution in [2.24, 2.45) is 0 Å². The highest BCUT2D eigenvalue weighted by Crippen LogP contribution is 2.28. The summed E-state index contributed by atoms with van der Waals surface area (Å²) in [5.74, 6) is 0.894. The highest BCUT2D eigenvalue weighted by atomic mass is 16.2. The molecule has 0 bridgehead atoms. The van der Waals surface area contributed by atoms with Crippen LogP contribution >= 0.6 is 0 Å². The van der Waals surface area contributed by atoms with Crippen molar-refractivity contribution in [3.63, 3.8) is 0 Å². The molecule has 3 aromatic carbocycles. The van der Waals surface area contributed by atoms with Gasteiger partial charge in [-0.1, -0.05) is 78.9 Å². The van der Waals surface area contributed by atoms with E-state index in [4.69, 9.17) is 4.98 Å². The van der Waals surface area contributed by atoms with Crippen LogP contribution in [0.4, 0.5) is 5.82 Å². The van der Waals surface area contributed by atoms with Gasteiger partial charge in [0.25, 0.3) is 0 Å². The molecule has 0 unspecified atom stereocenters. The van der Waals surface area contributed by atoms with Crippen LogP contribution in [0.2, 0.25) is 0 Å². The number of carbonyl (C=O) groups excluding carboxylic acids is 1. The van der Waals surface area contributed by atoms with Gasteiger partial charge in [-0.15, -0.1) is 0 Å². The number of aryl methyl sites for hydroxylation is 1. The third-order valence-corrected chi connectivity index (χ3v) is 6.34. The molecule has 1 aliphatic rings. The number of para-hydroxylation sites is 1. The predicted molar refractivity (Wildman–Crippen MR) is 130 cm³/mol. The van der Waals surface area contributed by atoms with Gasteiger partial charge >= 0.3 is 0 Å². The minimum absolute atomic E-state index is 0.171. The normalized spacial score (nSPS) is 14.2. The molecule has 2 heterocycles. The van der Waals surface area contributed by atoms with Crippen molar-refractivity contribution in [3.8, 4) is 0 Å². The van der Waals surface area contributed by atoms with Crippen molar-refractivity contribution < 1.29 is 4.79 Å². The van der Waals surface area contributed by atoms with Crippen LogP contribution in [0.15, 0.2) is 91.0 Å². The molecule has 4 aromatic rings. The highest BCUT2D eigenvalue weighted by Gasteiger charge is 2.30. The molecule has 1 aromatic heterocycles. The summed E-state index contributed by atoms with van der Waals surface area (Å²) in [6.45, 7) is 5.10. The Morgan fingerprint density at radius 3 is 1.97 bits per heavy atom. The fourth-order valence-corrected chi connectivity index (χ4v) is 4.60. The molecule has 1 amide bonds. The number of nitrogens with zero attached hydrogens (tertiary/aromatic N) is 3. The molecule has 4 heteroatoms. The van der Waals surface area contributed by atoms with E-state index in [0.29, 0.717) is 13.1 Å². The second kappa shape index (κ2) is 8.83. The SMILES string of the molecule is Cc1cc(N2CCN(C(=O)C(c3ccccc3)c3ccccc3)CC2)nc2ccccc12. The summed E-state index contributed by atoms with van der Waals surface area (Å²) in [5.41, 5.74) is 4.34. The number of hydrogen-bond donors (Lipinski definition) is 0. The maximum atomic E-state index is 13.7. The van der Waals surface area contributed by atoms with Gasteiger partial charge in [0, 0.05) is 31.6 Å². The Bertz CT molecular complexity index is 1180. The van der Waals surface area contributed by atoms with Crippen LogP contribution in [0, 0.1) is 6.92 Å². The van der Waals surface area contributed by atoms with Crippen molar-refractivity contribution in [1.29, 1.82) is 0 Å². The quantitative estimate of drug-likeness (QED) is 0.464. The highest BCUT2D eigenvalue weighted by molar-refractivity contribution is 5.87. The van der Waals surface area contributed by atoms with Gasteiger partial charge in [-0.2, -0.15) is 0 Å². The molecular weight excluding hydrogens is 394 g/mol. The van der Waals surface area contributed by atoms with E-state index in [9.17, 15) is 4.79 Å². The lowest BCUT2D eigenvalue weighted by Gasteiger charge is -2.37. The van der Waals surface area contributed by atoms with Crippen LogP contribution in [0.3, 0.4) is 0 Å². The molecule has 1 saturated heterocycles. The van der Waals surface area contributed by atoms with E-state index in [1.165, 1.54) is 10.9 Å². The molecule has 0 spiro atoms. The zero-order valence-electron chi connectivity index (χ0n) is 18.3. The number of benzene rings is 3. The van der Waals surface area contributed by atoms with E-state index in [-0.39, 0.29) is 11.8 Å². The van der Waals surface area contributed by atoms with Gasteiger partial charge in [-0.05, 0) is 35.7 Å². The molecule has 1 aliphatic heterocycles. The lowest BCUT2D eigenvalue weighted by atomic mass is 9.90. The van der Waals surface area contributed by atoms with Gasteiger partial charge in [-0.25, -0.2) is 4.98 Å². The first-order chi connectivity index (χ1) is 15.7. The second-order valence-electron chi connectivity index (χ2n) is 8.38. The van der Waals surface area contributed by atoms with E-state index in [2.05, 4.69) is 36.1 Å². The van der Waals surface area contributed by atoms with Crippen LogP contribution in [0.5, 0.6) is 0 Å². The molecule has 5 rings (SSSR count). The van der Waals surface area contributed by atoms with Crippen molar-refractivity contribution in [1.82, 2.24) is 9.88 Å². The third kappa shape index (κ3) is 3.96. The zero-order valence-corrected chi connectivity index (χ0v) is 18.3. The van der Waals surface area contributed by atoms with Gasteiger partial charge in [0.2, 0.25) is 5.91 Å². The Morgan fingerprint density at radius 2 is 1.34 bits per heavy atom. The van der Waals surface area contributed by atoms with E-state index in [0.717, 1.165) is 35.6 Å².